The molecule has 0 fully saturated rings. The molecule has 1 aromatic rings. The van der Waals surface area contributed by atoms with Gasteiger partial charge in [-0.15, -0.1) is 0 Å². The predicted molar refractivity (Wildman–Crippen MR) is 49.3 cm³/mol. The van der Waals surface area contributed by atoms with Gasteiger partial charge in [0.25, 0.3) is 5.56 Å². The number of nitrogens with zero attached hydrogens (tertiary/aromatic N) is 1. The largest absolute Gasteiger partial charge is 0.303 e. The third-order valence-corrected chi connectivity index (χ3v) is 1.88. The van der Waals surface area contributed by atoms with E-state index in [1.807, 2.05) is 6.20 Å². The van der Waals surface area contributed by atoms with Gasteiger partial charge in [0, 0.05) is 18.3 Å². The maximum absolute atomic E-state index is 11.5. The molecule has 0 radical (unpaired) electrons. The van der Waals surface area contributed by atoms with Crippen LogP contribution in [0.5, 0.6) is 0 Å². The summed E-state index contributed by atoms with van der Waals surface area (Å²) in [6, 6.07) is 0. The number of aryl methyl sites for hydroxylation is 2. The smallest absolute Gasteiger partial charge is 0.269 e. The Bertz CT molecular complexity index is 258. The van der Waals surface area contributed by atoms with Crippen LogP contribution in [0, 0.1) is 0 Å². The standard InChI is InChI=1S/C9H16N2O/c1-3-5-8-7-10-11(6-4-2)9(8)12/h7,10H,3-6H2,1-2H3. The lowest BCUT2D eigenvalue weighted by molar-refractivity contribution is 0.584. The van der Waals surface area contributed by atoms with Crippen molar-refractivity contribution >= 4 is 0 Å². The highest BCUT2D eigenvalue weighted by atomic mass is 16.1. The van der Waals surface area contributed by atoms with Crippen LogP contribution in [-0.2, 0) is 13.0 Å². The minimum absolute atomic E-state index is 0.152. The lowest BCUT2D eigenvalue weighted by Crippen LogP contribution is -2.18. The van der Waals surface area contributed by atoms with E-state index in [2.05, 4.69) is 18.9 Å². The van der Waals surface area contributed by atoms with Gasteiger partial charge in [0.2, 0.25) is 0 Å². The average Bonchev–Trinajstić information content (AvgIpc) is 2.38. The number of hydrogen-bond acceptors (Lipinski definition) is 1. The van der Waals surface area contributed by atoms with Crippen LogP contribution < -0.4 is 5.56 Å². The summed E-state index contributed by atoms with van der Waals surface area (Å²) in [5.74, 6) is 0. The van der Waals surface area contributed by atoms with Gasteiger partial charge >= 0.3 is 0 Å². The fourth-order valence-corrected chi connectivity index (χ4v) is 1.29. The Morgan fingerprint density at radius 2 is 2.17 bits per heavy atom. The molecule has 12 heavy (non-hydrogen) atoms. The van der Waals surface area contributed by atoms with Crippen LogP contribution in [0.4, 0.5) is 0 Å². The minimum Gasteiger partial charge on any atom is -0.303 e. The quantitative estimate of drug-likeness (QED) is 0.727. The lowest BCUT2D eigenvalue weighted by Gasteiger charge is -1.95. The molecule has 1 heterocycles. The Labute approximate surface area is 72.4 Å². The van der Waals surface area contributed by atoms with Crippen molar-refractivity contribution in [3.05, 3.63) is 22.1 Å². The van der Waals surface area contributed by atoms with Crippen LogP contribution in [0.2, 0.25) is 0 Å². The van der Waals surface area contributed by atoms with Gasteiger partial charge < -0.3 is 5.10 Å². The zero-order valence-electron chi connectivity index (χ0n) is 7.76. The number of hydrogen-bond donors (Lipinski definition) is 1. The molecule has 0 amide bonds. The molecular formula is C9H16N2O. The van der Waals surface area contributed by atoms with Gasteiger partial charge in [0.05, 0.1) is 0 Å². The SMILES string of the molecule is CCCc1c[nH]n(CCC)c1=O. The molecule has 3 nitrogen and oxygen atoms in total. The first-order chi connectivity index (χ1) is 5.79. The molecule has 68 valence electrons. The summed E-state index contributed by atoms with van der Waals surface area (Å²) in [5.41, 5.74) is 1.06. The van der Waals surface area contributed by atoms with Gasteiger partial charge in [-0.3, -0.25) is 9.48 Å². The van der Waals surface area contributed by atoms with Gasteiger partial charge in [-0.1, -0.05) is 20.3 Å². The summed E-state index contributed by atoms with van der Waals surface area (Å²) in [5, 5.41) is 2.96. The number of rotatable bonds is 4. The molecular weight excluding hydrogens is 152 g/mol. The fourth-order valence-electron chi connectivity index (χ4n) is 1.29. The normalized spacial score (nSPS) is 10.5. The third-order valence-electron chi connectivity index (χ3n) is 1.88. The van der Waals surface area contributed by atoms with Crippen LogP contribution in [0.15, 0.2) is 11.0 Å². The zero-order valence-corrected chi connectivity index (χ0v) is 7.76. The van der Waals surface area contributed by atoms with E-state index in [9.17, 15) is 4.79 Å². The van der Waals surface area contributed by atoms with Gasteiger partial charge in [-0.2, -0.15) is 0 Å². The topological polar surface area (TPSA) is 37.8 Å². The van der Waals surface area contributed by atoms with E-state index in [-0.39, 0.29) is 5.56 Å². The first-order valence-corrected chi connectivity index (χ1v) is 4.56. The second kappa shape index (κ2) is 4.14. The highest BCUT2D eigenvalue weighted by molar-refractivity contribution is 5.04. The lowest BCUT2D eigenvalue weighted by atomic mass is 10.2. The van der Waals surface area contributed by atoms with Gasteiger partial charge in [-0.05, 0) is 12.8 Å². The molecule has 0 aliphatic heterocycles. The number of nitrogens with one attached hydrogen (secondary N) is 1. The maximum Gasteiger partial charge on any atom is 0.269 e. The highest BCUT2D eigenvalue weighted by Gasteiger charge is 2.02. The Hall–Kier alpha value is -0.990. The Balaban J connectivity index is 2.81. The number of H-pyrrole nitrogens is 1. The molecule has 0 atom stereocenters. The van der Waals surface area contributed by atoms with Crippen molar-refractivity contribution in [1.82, 2.24) is 9.78 Å². The van der Waals surface area contributed by atoms with Gasteiger partial charge in [-0.25, -0.2) is 0 Å². The number of aromatic amines is 1. The van der Waals surface area contributed by atoms with E-state index in [0.717, 1.165) is 31.4 Å². The molecule has 0 saturated heterocycles. The molecule has 0 aliphatic carbocycles. The Kier molecular flexibility index (Phi) is 3.14. The molecule has 1 N–H and O–H groups in total. The van der Waals surface area contributed by atoms with Crippen molar-refractivity contribution in [1.29, 1.82) is 0 Å². The van der Waals surface area contributed by atoms with Crippen LogP contribution >= 0.6 is 0 Å². The van der Waals surface area contributed by atoms with Crippen molar-refractivity contribution in [2.24, 2.45) is 0 Å². The first kappa shape index (κ1) is 9.10. The minimum atomic E-state index is 0.152. The molecule has 3 heteroatoms. The first-order valence-electron chi connectivity index (χ1n) is 4.56. The molecule has 1 rings (SSSR count). The monoisotopic (exact) mass is 168 g/mol. The van der Waals surface area contributed by atoms with E-state index in [1.165, 1.54) is 0 Å². The molecule has 1 aromatic heterocycles. The van der Waals surface area contributed by atoms with E-state index in [1.54, 1.807) is 4.68 Å². The molecule has 0 bridgehead atoms. The summed E-state index contributed by atoms with van der Waals surface area (Å²) >= 11 is 0. The number of aromatic nitrogens is 2. The van der Waals surface area contributed by atoms with Gasteiger partial charge in [0.15, 0.2) is 0 Å². The fraction of sp³-hybridized carbons (Fsp3) is 0.667. The van der Waals surface area contributed by atoms with Crippen molar-refractivity contribution in [3.8, 4) is 0 Å². The van der Waals surface area contributed by atoms with E-state index in [4.69, 9.17) is 0 Å². The van der Waals surface area contributed by atoms with Crippen molar-refractivity contribution < 1.29 is 0 Å². The average molecular weight is 168 g/mol. The van der Waals surface area contributed by atoms with Crippen molar-refractivity contribution in [2.45, 2.75) is 39.7 Å². The predicted octanol–water partition coefficient (Wildman–Crippen LogP) is 1.54. The molecule has 0 aromatic carbocycles. The Morgan fingerprint density at radius 1 is 1.42 bits per heavy atom. The molecule has 0 saturated carbocycles. The second-order valence-corrected chi connectivity index (χ2v) is 3.01. The van der Waals surface area contributed by atoms with Crippen LogP contribution in [-0.4, -0.2) is 9.78 Å². The summed E-state index contributed by atoms with van der Waals surface area (Å²) in [6.07, 6.45) is 4.72. The van der Waals surface area contributed by atoms with E-state index in [0.29, 0.717) is 0 Å². The van der Waals surface area contributed by atoms with Gasteiger partial charge in [0.1, 0.15) is 0 Å². The highest BCUT2D eigenvalue weighted by Crippen LogP contribution is 1.94. The van der Waals surface area contributed by atoms with Crippen molar-refractivity contribution in [2.75, 3.05) is 0 Å². The van der Waals surface area contributed by atoms with E-state index < -0.39 is 0 Å². The third kappa shape index (κ3) is 1.78. The van der Waals surface area contributed by atoms with Crippen LogP contribution in [0.3, 0.4) is 0 Å². The summed E-state index contributed by atoms with van der Waals surface area (Å²) in [7, 11) is 0. The summed E-state index contributed by atoms with van der Waals surface area (Å²) in [4.78, 5) is 11.5. The van der Waals surface area contributed by atoms with E-state index >= 15 is 0 Å². The summed E-state index contributed by atoms with van der Waals surface area (Å²) in [6.45, 7) is 4.94. The van der Waals surface area contributed by atoms with Crippen molar-refractivity contribution in [3.63, 3.8) is 0 Å². The maximum atomic E-state index is 11.5. The zero-order chi connectivity index (χ0) is 8.97. The summed E-state index contributed by atoms with van der Waals surface area (Å²) < 4.78 is 1.67. The van der Waals surface area contributed by atoms with Crippen LogP contribution in [0.1, 0.15) is 32.3 Å². The Morgan fingerprint density at radius 3 is 2.75 bits per heavy atom. The van der Waals surface area contributed by atoms with Crippen LogP contribution in [0.25, 0.3) is 0 Å². The molecule has 0 unspecified atom stereocenters. The molecule has 0 spiro atoms. The molecule has 0 aliphatic rings. The second-order valence-electron chi connectivity index (χ2n) is 3.01.